The van der Waals surface area contributed by atoms with Gasteiger partial charge in [0.15, 0.2) is 15.8 Å². The molecule has 1 amide bonds. The van der Waals surface area contributed by atoms with Gasteiger partial charge in [-0.2, -0.15) is 5.10 Å². The Bertz CT molecular complexity index is 1330. The number of thiazole rings is 1. The van der Waals surface area contributed by atoms with E-state index in [9.17, 15) is 4.79 Å². The van der Waals surface area contributed by atoms with Crippen molar-refractivity contribution in [1.82, 2.24) is 10.4 Å². The zero-order chi connectivity index (χ0) is 24.6. The van der Waals surface area contributed by atoms with Crippen LogP contribution in [0.4, 0.5) is 0 Å². The first-order chi connectivity index (χ1) is 17.0. The van der Waals surface area contributed by atoms with Crippen molar-refractivity contribution in [3.63, 3.8) is 0 Å². The first-order valence-corrected chi connectivity index (χ1v) is 13.2. The monoisotopic (exact) mass is 545 g/mol. The molecule has 4 aromatic rings. The third-order valence-electron chi connectivity index (χ3n) is 4.67. The zero-order valence-corrected chi connectivity index (χ0v) is 21.8. The van der Waals surface area contributed by atoms with E-state index in [0.717, 1.165) is 20.1 Å². The highest BCUT2D eigenvalue weighted by atomic mass is 35.5. The van der Waals surface area contributed by atoms with Crippen molar-refractivity contribution in [3.8, 4) is 11.5 Å². The minimum absolute atomic E-state index is 0.205. The number of thioether (sulfide) groups is 1. The predicted molar refractivity (Wildman–Crippen MR) is 144 cm³/mol. The lowest BCUT2D eigenvalue weighted by Crippen LogP contribution is -2.19. The van der Waals surface area contributed by atoms with E-state index in [2.05, 4.69) is 15.5 Å². The van der Waals surface area contributed by atoms with Crippen LogP contribution < -0.4 is 14.9 Å². The van der Waals surface area contributed by atoms with E-state index in [4.69, 9.17) is 32.7 Å². The van der Waals surface area contributed by atoms with Gasteiger partial charge in [0.05, 0.1) is 33.8 Å². The van der Waals surface area contributed by atoms with E-state index < -0.39 is 0 Å². The maximum absolute atomic E-state index is 12.2. The highest BCUT2D eigenvalue weighted by Crippen LogP contribution is 2.37. The van der Waals surface area contributed by atoms with Gasteiger partial charge in [-0.15, -0.1) is 11.3 Å². The molecule has 10 heteroatoms. The first-order valence-electron chi connectivity index (χ1n) is 10.7. The summed E-state index contributed by atoms with van der Waals surface area (Å²) in [7, 11) is 0. The molecule has 1 N–H and O–H groups in total. The fourth-order valence-corrected chi connectivity index (χ4v) is 5.41. The summed E-state index contributed by atoms with van der Waals surface area (Å²) in [5.41, 5.74) is 4.95. The zero-order valence-electron chi connectivity index (χ0n) is 18.7. The lowest BCUT2D eigenvalue weighted by atomic mass is 10.2. The lowest BCUT2D eigenvalue weighted by molar-refractivity contribution is -0.118. The van der Waals surface area contributed by atoms with Gasteiger partial charge in [-0.25, -0.2) is 10.4 Å². The van der Waals surface area contributed by atoms with E-state index in [1.54, 1.807) is 29.5 Å². The number of benzene rings is 3. The molecule has 0 bridgehead atoms. The lowest BCUT2D eigenvalue weighted by Gasteiger charge is -2.15. The van der Waals surface area contributed by atoms with Gasteiger partial charge in [-0.1, -0.05) is 65.3 Å². The SMILES string of the molecule is CCOc1cc(/C=N/NC(=O)CSc2nc3ccccc3s2)cc(Cl)c1OCc1ccccc1Cl. The Morgan fingerprint density at radius 2 is 1.91 bits per heavy atom. The molecule has 0 aliphatic carbocycles. The Morgan fingerprint density at radius 1 is 1.11 bits per heavy atom. The van der Waals surface area contributed by atoms with Crippen LogP contribution in [0.1, 0.15) is 18.1 Å². The standard InChI is InChI=1S/C25H21Cl2N3O3S2/c1-2-32-21-12-16(11-19(27)24(21)33-14-17-7-3-4-8-18(17)26)13-28-30-23(31)15-34-25-29-20-9-5-6-10-22(20)35-25/h3-13H,2,14-15H2,1H3,(H,30,31)/b28-13+. The number of nitrogens with one attached hydrogen (secondary N) is 1. The summed E-state index contributed by atoms with van der Waals surface area (Å²) < 4.78 is 13.6. The molecule has 1 aromatic heterocycles. The number of fused-ring (bicyclic) bond motifs is 1. The molecule has 3 aromatic carbocycles. The Hall–Kier alpha value is -2.78. The summed E-state index contributed by atoms with van der Waals surface area (Å²) in [6, 6.07) is 18.8. The van der Waals surface area contributed by atoms with Gasteiger partial charge in [0.1, 0.15) is 6.61 Å². The van der Waals surface area contributed by atoms with Crippen LogP contribution in [-0.2, 0) is 11.4 Å². The molecule has 0 fully saturated rings. The Kier molecular flexibility index (Phi) is 8.87. The highest BCUT2D eigenvalue weighted by molar-refractivity contribution is 8.01. The van der Waals surface area contributed by atoms with E-state index in [0.29, 0.717) is 33.7 Å². The molecule has 0 saturated carbocycles. The normalized spacial score (nSPS) is 11.2. The summed E-state index contributed by atoms with van der Waals surface area (Å²) in [4.78, 5) is 16.7. The number of carbonyl (C=O) groups excluding carboxylic acids is 1. The maximum atomic E-state index is 12.2. The summed E-state index contributed by atoms with van der Waals surface area (Å²) in [5.74, 6) is 0.867. The number of para-hydroxylation sites is 1. The topological polar surface area (TPSA) is 72.8 Å². The summed E-state index contributed by atoms with van der Waals surface area (Å²) in [6.07, 6.45) is 1.51. The number of carbonyl (C=O) groups is 1. The molecule has 1 heterocycles. The number of aromatic nitrogens is 1. The minimum Gasteiger partial charge on any atom is -0.490 e. The van der Waals surface area contributed by atoms with Crippen molar-refractivity contribution in [1.29, 1.82) is 0 Å². The molecule has 0 spiro atoms. The number of halogens is 2. The van der Waals surface area contributed by atoms with Crippen molar-refractivity contribution in [2.75, 3.05) is 12.4 Å². The number of hydrazone groups is 1. The molecule has 0 aliphatic rings. The van der Waals surface area contributed by atoms with Gasteiger partial charge < -0.3 is 9.47 Å². The molecule has 0 aliphatic heterocycles. The number of ether oxygens (including phenoxy) is 2. The van der Waals surface area contributed by atoms with E-state index in [1.807, 2.05) is 49.4 Å². The number of rotatable bonds is 10. The average molecular weight is 547 g/mol. The van der Waals surface area contributed by atoms with E-state index in [1.165, 1.54) is 18.0 Å². The van der Waals surface area contributed by atoms with Gasteiger partial charge in [-0.3, -0.25) is 4.79 Å². The number of hydrogen-bond acceptors (Lipinski definition) is 7. The molecule has 0 unspecified atom stereocenters. The second-order valence-corrected chi connectivity index (χ2v) is 10.2. The maximum Gasteiger partial charge on any atom is 0.250 e. The predicted octanol–water partition coefficient (Wildman–Crippen LogP) is 6.82. The molecular formula is C25H21Cl2N3O3S2. The quantitative estimate of drug-likeness (QED) is 0.134. The van der Waals surface area contributed by atoms with Gasteiger partial charge >= 0.3 is 0 Å². The van der Waals surface area contributed by atoms with Crippen LogP contribution in [-0.4, -0.2) is 29.5 Å². The number of nitrogens with zero attached hydrogens (tertiary/aromatic N) is 2. The Morgan fingerprint density at radius 3 is 2.71 bits per heavy atom. The van der Waals surface area contributed by atoms with Gasteiger partial charge in [-0.05, 0) is 42.8 Å². The summed E-state index contributed by atoms with van der Waals surface area (Å²) in [5, 5.41) is 5.02. The summed E-state index contributed by atoms with van der Waals surface area (Å²) >= 11 is 15.6. The first kappa shape index (κ1) is 25.3. The second-order valence-electron chi connectivity index (χ2n) is 7.17. The Balaban J connectivity index is 1.36. The molecular weight excluding hydrogens is 525 g/mol. The molecule has 6 nitrogen and oxygen atoms in total. The van der Waals surface area contributed by atoms with Crippen LogP contribution in [0.3, 0.4) is 0 Å². The van der Waals surface area contributed by atoms with Crippen molar-refractivity contribution in [2.24, 2.45) is 5.10 Å². The second kappa shape index (κ2) is 12.3. The van der Waals surface area contributed by atoms with Crippen LogP contribution >= 0.6 is 46.3 Å². The number of hydrogen-bond donors (Lipinski definition) is 1. The fourth-order valence-electron chi connectivity index (χ4n) is 3.08. The molecule has 0 atom stereocenters. The molecule has 35 heavy (non-hydrogen) atoms. The average Bonchev–Trinajstić information content (AvgIpc) is 3.27. The van der Waals surface area contributed by atoms with Crippen molar-refractivity contribution < 1.29 is 14.3 Å². The minimum atomic E-state index is -0.235. The third kappa shape index (κ3) is 6.89. The fraction of sp³-hybridized carbons (Fsp3) is 0.160. The van der Waals surface area contributed by atoms with Crippen LogP contribution in [0, 0.1) is 0 Å². The third-order valence-corrected chi connectivity index (χ3v) is 7.49. The van der Waals surface area contributed by atoms with Crippen LogP contribution in [0.15, 0.2) is 70.1 Å². The van der Waals surface area contributed by atoms with Gasteiger partial charge in [0.2, 0.25) is 0 Å². The van der Waals surface area contributed by atoms with Gasteiger partial charge in [0, 0.05) is 10.6 Å². The molecule has 180 valence electrons. The van der Waals surface area contributed by atoms with Crippen molar-refractivity contribution in [3.05, 3.63) is 81.8 Å². The van der Waals surface area contributed by atoms with Crippen LogP contribution in [0.5, 0.6) is 11.5 Å². The molecule has 0 radical (unpaired) electrons. The van der Waals surface area contributed by atoms with Crippen molar-refractivity contribution in [2.45, 2.75) is 17.9 Å². The van der Waals surface area contributed by atoms with Crippen LogP contribution in [0.2, 0.25) is 10.0 Å². The summed E-state index contributed by atoms with van der Waals surface area (Å²) in [6.45, 7) is 2.55. The van der Waals surface area contributed by atoms with Crippen LogP contribution in [0.25, 0.3) is 10.2 Å². The van der Waals surface area contributed by atoms with E-state index in [-0.39, 0.29) is 18.3 Å². The highest BCUT2D eigenvalue weighted by Gasteiger charge is 2.13. The number of amides is 1. The molecule has 4 rings (SSSR count). The van der Waals surface area contributed by atoms with Crippen molar-refractivity contribution >= 4 is 68.6 Å². The van der Waals surface area contributed by atoms with Gasteiger partial charge in [0.25, 0.3) is 5.91 Å². The van der Waals surface area contributed by atoms with E-state index >= 15 is 0 Å². The smallest absolute Gasteiger partial charge is 0.250 e. The molecule has 0 saturated heterocycles. The Labute approximate surface area is 221 Å². The largest absolute Gasteiger partial charge is 0.490 e.